The van der Waals surface area contributed by atoms with Gasteiger partial charge in [-0.3, -0.25) is 9.59 Å². The van der Waals surface area contributed by atoms with Gasteiger partial charge < -0.3 is 19.1 Å². The van der Waals surface area contributed by atoms with E-state index in [1.165, 1.54) is 36.1 Å². The zero-order valence-corrected chi connectivity index (χ0v) is 21.5. The summed E-state index contributed by atoms with van der Waals surface area (Å²) in [4.78, 5) is 37.9. The third kappa shape index (κ3) is 6.85. The van der Waals surface area contributed by atoms with Crippen LogP contribution in [0.1, 0.15) is 47.8 Å². The van der Waals surface area contributed by atoms with E-state index in [0.717, 1.165) is 0 Å². The van der Waals surface area contributed by atoms with Gasteiger partial charge in [0, 0.05) is 35.2 Å². The first-order chi connectivity index (χ1) is 17.6. The van der Waals surface area contributed by atoms with Crippen LogP contribution in [-0.2, 0) is 16.0 Å². The van der Waals surface area contributed by atoms with Crippen LogP contribution in [-0.4, -0.2) is 41.2 Å². The fourth-order valence-corrected chi connectivity index (χ4v) is 4.11. The number of carboxylic acids is 1. The smallest absolute Gasteiger partial charge is 0.335 e. The number of carbonyl (C=O) groups is 2. The first-order valence-electron chi connectivity index (χ1n) is 11.6. The number of carbonyl (C=O) groups excluding carboxylic acids is 1. The minimum absolute atomic E-state index is 0.00434. The van der Waals surface area contributed by atoms with E-state index in [-0.39, 0.29) is 36.9 Å². The van der Waals surface area contributed by atoms with Crippen LogP contribution in [0, 0.1) is 11.3 Å². The summed E-state index contributed by atoms with van der Waals surface area (Å²) < 4.78 is 12.5. The average molecular weight is 523 g/mol. The highest BCUT2D eigenvalue weighted by molar-refractivity contribution is 6.31. The largest absolute Gasteiger partial charge is 0.495 e. The summed E-state index contributed by atoms with van der Waals surface area (Å²) in [6, 6.07) is 13.3. The number of hydrogen-bond donors (Lipinski definition) is 1. The topological polar surface area (TPSA) is 119 Å². The fraction of sp³-hybridized carbons (Fsp3) is 0.286. The number of ether oxygens (including phenoxy) is 2. The Hall–Kier alpha value is -3.93. The van der Waals surface area contributed by atoms with Crippen LogP contribution in [0.3, 0.4) is 0 Å². The lowest BCUT2D eigenvalue weighted by Gasteiger charge is -2.22. The molecule has 0 bridgehead atoms. The quantitative estimate of drug-likeness (QED) is 0.380. The van der Waals surface area contributed by atoms with Crippen LogP contribution < -0.4 is 10.3 Å². The number of hydrogen-bond acceptors (Lipinski definition) is 6. The van der Waals surface area contributed by atoms with E-state index in [0.29, 0.717) is 33.0 Å². The minimum atomic E-state index is -1.06. The summed E-state index contributed by atoms with van der Waals surface area (Å²) in [7, 11) is 1.44. The lowest BCUT2D eigenvalue weighted by atomic mass is 9.98. The maximum Gasteiger partial charge on any atom is 0.335 e. The molecule has 0 radical (unpaired) electrons. The zero-order chi connectivity index (χ0) is 27.1. The zero-order valence-electron chi connectivity index (χ0n) is 20.7. The second kappa shape index (κ2) is 12.3. The van der Waals surface area contributed by atoms with Crippen molar-refractivity contribution < 1.29 is 24.2 Å². The van der Waals surface area contributed by atoms with Crippen molar-refractivity contribution in [3.05, 3.63) is 86.8 Å². The molecule has 0 fully saturated rings. The Balaban J connectivity index is 2.02. The molecule has 3 rings (SSSR count). The number of nitrogens with zero attached hydrogens (tertiary/aromatic N) is 2. The molecule has 1 unspecified atom stereocenters. The van der Waals surface area contributed by atoms with E-state index in [4.69, 9.17) is 26.2 Å². The van der Waals surface area contributed by atoms with Gasteiger partial charge in [-0.05, 0) is 56.2 Å². The Bertz CT molecular complexity index is 1390. The number of carboxylic acid groups (broad SMARTS) is 1. The molecule has 0 aliphatic carbocycles. The van der Waals surface area contributed by atoms with Crippen LogP contribution in [0.2, 0.25) is 5.02 Å². The normalized spacial score (nSPS) is 11.7. The molecular formula is C28H27ClN2O6. The van der Waals surface area contributed by atoms with Gasteiger partial charge in [0.25, 0.3) is 5.56 Å². The number of benzene rings is 2. The SMILES string of the molecule is COc1cn(C(CCOC(C)C)C(=O)Cc2ccc(C(=O)O)cc2)c(=O)cc1-c1cc(Cl)ccc1C#N. The van der Waals surface area contributed by atoms with Gasteiger partial charge in [-0.15, -0.1) is 0 Å². The maximum atomic E-state index is 13.4. The van der Waals surface area contributed by atoms with Crippen molar-refractivity contribution in [2.75, 3.05) is 13.7 Å². The minimum Gasteiger partial charge on any atom is -0.495 e. The summed E-state index contributed by atoms with van der Waals surface area (Å²) in [5.74, 6) is -1.00. The number of methoxy groups -OCH3 is 1. The van der Waals surface area contributed by atoms with Crippen LogP contribution >= 0.6 is 11.6 Å². The summed E-state index contributed by atoms with van der Waals surface area (Å²) in [6.07, 6.45) is 1.65. The van der Waals surface area contributed by atoms with Crippen molar-refractivity contribution in [2.24, 2.45) is 0 Å². The molecule has 192 valence electrons. The summed E-state index contributed by atoms with van der Waals surface area (Å²) >= 11 is 6.14. The molecule has 0 aliphatic heterocycles. The molecule has 1 N–H and O–H groups in total. The number of aromatic carboxylic acids is 1. The molecule has 1 heterocycles. The molecule has 0 aliphatic rings. The molecule has 0 spiro atoms. The van der Waals surface area contributed by atoms with Gasteiger partial charge in [-0.1, -0.05) is 23.7 Å². The van der Waals surface area contributed by atoms with Crippen molar-refractivity contribution in [2.45, 2.75) is 38.8 Å². The van der Waals surface area contributed by atoms with E-state index >= 15 is 0 Å². The maximum absolute atomic E-state index is 13.4. The Morgan fingerprint density at radius 3 is 2.41 bits per heavy atom. The third-order valence-electron chi connectivity index (χ3n) is 5.79. The van der Waals surface area contributed by atoms with Crippen LogP contribution in [0.15, 0.2) is 59.5 Å². The van der Waals surface area contributed by atoms with Crippen molar-refractivity contribution in [3.8, 4) is 22.9 Å². The van der Waals surface area contributed by atoms with Gasteiger partial charge in [-0.25, -0.2) is 4.79 Å². The fourth-order valence-electron chi connectivity index (χ4n) is 3.94. The van der Waals surface area contributed by atoms with Crippen molar-refractivity contribution >= 4 is 23.4 Å². The summed E-state index contributed by atoms with van der Waals surface area (Å²) in [5.41, 5.74) is 1.44. The van der Waals surface area contributed by atoms with Crippen LogP contribution in [0.25, 0.3) is 11.1 Å². The highest BCUT2D eigenvalue weighted by atomic mass is 35.5. The molecule has 0 amide bonds. The Morgan fingerprint density at radius 2 is 1.81 bits per heavy atom. The van der Waals surface area contributed by atoms with Crippen molar-refractivity contribution in [3.63, 3.8) is 0 Å². The number of Topliss-reactive ketones (excluding diaryl/α,β-unsaturated/α-hetero) is 1. The van der Waals surface area contributed by atoms with Gasteiger partial charge in [-0.2, -0.15) is 5.26 Å². The van der Waals surface area contributed by atoms with E-state index < -0.39 is 17.6 Å². The number of nitriles is 1. The first kappa shape index (κ1) is 27.7. The summed E-state index contributed by atoms with van der Waals surface area (Å²) in [5, 5.41) is 19.0. The number of rotatable bonds is 11. The predicted molar refractivity (Wildman–Crippen MR) is 139 cm³/mol. The van der Waals surface area contributed by atoms with Gasteiger partial charge in [0.1, 0.15) is 5.75 Å². The lowest BCUT2D eigenvalue weighted by molar-refractivity contribution is -0.122. The Kier molecular flexibility index (Phi) is 9.23. The van der Waals surface area contributed by atoms with E-state index in [9.17, 15) is 19.6 Å². The predicted octanol–water partition coefficient (Wildman–Crippen LogP) is 4.92. The average Bonchev–Trinajstić information content (AvgIpc) is 2.86. The number of ketones is 1. The third-order valence-corrected chi connectivity index (χ3v) is 6.02. The van der Waals surface area contributed by atoms with Gasteiger partial charge in [0.05, 0.1) is 42.6 Å². The van der Waals surface area contributed by atoms with Crippen LogP contribution in [0.5, 0.6) is 5.75 Å². The van der Waals surface area contributed by atoms with Gasteiger partial charge >= 0.3 is 5.97 Å². The van der Waals surface area contributed by atoms with Gasteiger partial charge in [0.15, 0.2) is 5.78 Å². The highest BCUT2D eigenvalue weighted by Gasteiger charge is 2.24. The molecule has 37 heavy (non-hydrogen) atoms. The molecule has 2 aromatic carbocycles. The van der Waals surface area contributed by atoms with Gasteiger partial charge in [0.2, 0.25) is 0 Å². The highest BCUT2D eigenvalue weighted by Crippen LogP contribution is 2.33. The standard InChI is InChI=1S/C28H27ClN2O6/c1-17(2)37-11-10-24(25(32)12-18-4-6-19(7-5-18)28(34)35)31-16-26(36-3)23(14-27(31)33)22-13-21(29)9-8-20(22)15-30/h4-9,13-14,16-17,24H,10-12H2,1-3H3,(H,34,35). The van der Waals surface area contributed by atoms with Crippen LogP contribution in [0.4, 0.5) is 0 Å². The molecular weight excluding hydrogens is 496 g/mol. The number of aromatic nitrogens is 1. The molecule has 1 atom stereocenters. The monoisotopic (exact) mass is 522 g/mol. The van der Waals surface area contributed by atoms with Crippen molar-refractivity contribution in [1.29, 1.82) is 5.26 Å². The molecule has 0 saturated heterocycles. The van der Waals surface area contributed by atoms with E-state index in [2.05, 4.69) is 6.07 Å². The molecule has 8 nitrogen and oxygen atoms in total. The van der Waals surface area contributed by atoms with Crippen molar-refractivity contribution in [1.82, 2.24) is 4.57 Å². The Labute approximate surface area is 219 Å². The van der Waals surface area contributed by atoms with E-state index in [1.54, 1.807) is 30.3 Å². The Morgan fingerprint density at radius 1 is 1.11 bits per heavy atom. The molecule has 9 heteroatoms. The second-order valence-electron chi connectivity index (χ2n) is 8.67. The lowest BCUT2D eigenvalue weighted by Crippen LogP contribution is -2.31. The first-order valence-corrected chi connectivity index (χ1v) is 12.0. The number of halogens is 1. The summed E-state index contributed by atoms with van der Waals surface area (Å²) in [6.45, 7) is 4.00. The molecule has 1 aromatic heterocycles. The number of pyridine rings is 1. The molecule has 3 aromatic rings. The van der Waals surface area contributed by atoms with E-state index in [1.807, 2.05) is 13.8 Å². The molecule has 0 saturated carbocycles. The second-order valence-corrected chi connectivity index (χ2v) is 9.11.